The SMILES string of the molecule is CC1=C(C(=O)NCCCN2[C@@H](C)CCC[C@@H]2C)C2(CCCCC2)OC1=O. The fraction of sp³-hybridized carbons (Fsp3) is 0.810. The summed E-state index contributed by atoms with van der Waals surface area (Å²) in [5.74, 6) is -0.414. The summed E-state index contributed by atoms with van der Waals surface area (Å²) < 4.78 is 5.68. The van der Waals surface area contributed by atoms with Gasteiger partial charge in [0.2, 0.25) is 0 Å². The van der Waals surface area contributed by atoms with Crippen molar-refractivity contribution in [3.05, 3.63) is 11.1 Å². The highest BCUT2D eigenvalue weighted by Crippen LogP contribution is 2.43. The second-order valence-corrected chi connectivity index (χ2v) is 8.42. The zero-order chi connectivity index (χ0) is 18.7. The molecule has 1 amide bonds. The molecule has 0 unspecified atom stereocenters. The number of ether oxygens (including phenoxy) is 1. The fourth-order valence-electron chi connectivity index (χ4n) is 5.07. The Kier molecular flexibility index (Phi) is 6.06. The number of hydrogen-bond acceptors (Lipinski definition) is 4. The van der Waals surface area contributed by atoms with Crippen LogP contribution in [0.25, 0.3) is 0 Å². The molecule has 1 spiro atoms. The number of amides is 1. The third-order valence-corrected chi connectivity index (χ3v) is 6.57. The smallest absolute Gasteiger partial charge is 0.335 e. The maximum absolute atomic E-state index is 12.8. The first-order chi connectivity index (χ1) is 12.4. The summed E-state index contributed by atoms with van der Waals surface area (Å²) in [4.78, 5) is 27.5. The van der Waals surface area contributed by atoms with Gasteiger partial charge in [0.1, 0.15) is 5.60 Å². The van der Waals surface area contributed by atoms with Crippen molar-refractivity contribution in [3.8, 4) is 0 Å². The van der Waals surface area contributed by atoms with Crippen molar-refractivity contribution in [3.63, 3.8) is 0 Å². The van der Waals surface area contributed by atoms with E-state index in [4.69, 9.17) is 4.74 Å². The van der Waals surface area contributed by atoms with Crippen LogP contribution in [0.1, 0.15) is 78.6 Å². The number of hydrogen-bond donors (Lipinski definition) is 1. The molecule has 0 aromatic heterocycles. The maximum atomic E-state index is 12.8. The Hall–Kier alpha value is -1.36. The summed E-state index contributed by atoms with van der Waals surface area (Å²) in [6.45, 7) is 8.00. The summed E-state index contributed by atoms with van der Waals surface area (Å²) in [6.07, 6.45) is 9.54. The number of piperidine rings is 1. The fourth-order valence-corrected chi connectivity index (χ4v) is 5.07. The van der Waals surface area contributed by atoms with Crippen LogP contribution in [0.5, 0.6) is 0 Å². The molecule has 0 aromatic rings. The molecule has 2 atom stereocenters. The van der Waals surface area contributed by atoms with Crippen LogP contribution in [-0.2, 0) is 14.3 Å². The van der Waals surface area contributed by atoms with E-state index in [1.807, 2.05) is 0 Å². The normalized spacial score (nSPS) is 29.1. The molecule has 1 saturated carbocycles. The first-order valence-electron chi connectivity index (χ1n) is 10.4. The topological polar surface area (TPSA) is 58.6 Å². The lowest BCUT2D eigenvalue weighted by molar-refractivity contribution is -0.149. The van der Waals surface area contributed by atoms with Crippen LogP contribution < -0.4 is 5.32 Å². The summed E-state index contributed by atoms with van der Waals surface area (Å²) >= 11 is 0. The first-order valence-corrected chi connectivity index (χ1v) is 10.4. The van der Waals surface area contributed by atoms with Crippen molar-refractivity contribution in [1.29, 1.82) is 0 Å². The number of esters is 1. The highest BCUT2D eigenvalue weighted by Gasteiger charge is 2.49. The maximum Gasteiger partial charge on any atom is 0.335 e. The van der Waals surface area contributed by atoms with E-state index >= 15 is 0 Å². The number of carbonyl (C=O) groups is 2. The van der Waals surface area contributed by atoms with Crippen molar-refractivity contribution >= 4 is 11.9 Å². The van der Waals surface area contributed by atoms with E-state index in [9.17, 15) is 9.59 Å². The molecule has 3 aliphatic rings. The van der Waals surface area contributed by atoms with Crippen molar-refractivity contribution in [1.82, 2.24) is 10.2 Å². The zero-order valence-electron chi connectivity index (χ0n) is 16.6. The van der Waals surface area contributed by atoms with Crippen LogP contribution in [0, 0.1) is 0 Å². The van der Waals surface area contributed by atoms with E-state index in [1.54, 1.807) is 6.92 Å². The van der Waals surface area contributed by atoms with Crippen LogP contribution in [0.3, 0.4) is 0 Å². The second kappa shape index (κ2) is 8.12. The zero-order valence-corrected chi connectivity index (χ0v) is 16.6. The Morgan fingerprint density at radius 3 is 2.46 bits per heavy atom. The molecule has 0 radical (unpaired) electrons. The van der Waals surface area contributed by atoms with Gasteiger partial charge >= 0.3 is 5.97 Å². The number of nitrogens with one attached hydrogen (secondary N) is 1. The van der Waals surface area contributed by atoms with Gasteiger partial charge in [-0.1, -0.05) is 12.8 Å². The third-order valence-electron chi connectivity index (χ3n) is 6.57. The van der Waals surface area contributed by atoms with Gasteiger partial charge in [0.25, 0.3) is 5.91 Å². The predicted molar refractivity (Wildman–Crippen MR) is 102 cm³/mol. The van der Waals surface area contributed by atoms with Gasteiger partial charge in [-0.25, -0.2) is 4.79 Å². The van der Waals surface area contributed by atoms with E-state index in [2.05, 4.69) is 24.1 Å². The lowest BCUT2D eigenvalue weighted by Gasteiger charge is -2.39. The molecule has 2 fully saturated rings. The van der Waals surface area contributed by atoms with Crippen LogP contribution >= 0.6 is 0 Å². The molecule has 3 rings (SSSR count). The molecule has 1 saturated heterocycles. The van der Waals surface area contributed by atoms with E-state index in [0.717, 1.165) is 45.1 Å². The van der Waals surface area contributed by atoms with Crippen molar-refractivity contribution < 1.29 is 14.3 Å². The molecule has 0 aromatic carbocycles. The Balaban J connectivity index is 1.54. The summed E-state index contributed by atoms with van der Waals surface area (Å²) in [6, 6.07) is 1.26. The van der Waals surface area contributed by atoms with E-state index in [1.165, 1.54) is 19.3 Å². The minimum absolute atomic E-state index is 0.102. The quantitative estimate of drug-likeness (QED) is 0.602. The number of likely N-dealkylation sites (tertiary alicyclic amines) is 1. The summed E-state index contributed by atoms with van der Waals surface area (Å²) in [5.41, 5.74) is 0.448. The van der Waals surface area contributed by atoms with Crippen molar-refractivity contribution in [2.45, 2.75) is 96.2 Å². The van der Waals surface area contributed by atoms with Gasteiger partial charge in [-0.05, 0) is 65.7 Å². The molecule has 146 valence electrons. The Morgan fingerprint density at radius 1 is 1.15 bits per heavy atom. The van der Waals surface area contributed by atoms with E-state index < -0.39 is 5.60 Å². The molecule has 26 heavy (non-hydrogen) atoms. The van der Waals surface area contributed by atoms with Crippen LogP contribution in [0.15, 0.2) is 11.1 Å². The van der Waals surface area contributed by atoms with Gasteiger partial charge in [-0.15, -0.1) is 0 Å². The summed E-state index contributed by atoms with van der Waals surface area (Å²) in [5, 5.41) is 3.06. The number of carbonyl (C=O) groups excluding carboxylic acids is 2. The van der Waals surface area contributed by atoms with Crippen molar-refractivity contribution in [2.24, 2.45) is 0 Å². The van der Waals surface area contributed by atoms with Crippen LogP contribution in [-0.4, -0.2) is 47.6 Å². The van der Waals surface area contributed by atoms with E-state index in [-0.39, 0.29) is 11.9 Å². The molecular formula is C21H34N2O3. The summed E-state index contributed by atoms with van der Waals surface area (Å²) in [7, 11) is 0. The molecule has 5 nitrogen and oxygen atoms in total. The monoisotopic (exact) mass is 362 g/mol. The van der Waals surface area contributed by atoms with Gasteiger partial charge in [0.05, 0.1) is 5.57 Å². The number of rotatable bonds is 5. The van der Waals surface area contributed by atoms with Crippen molar-refractivity contribution in [2.75, 3.05) is 13.1 Å². The van der Waals surface area contributed by atoms with E-state index in [0.29, 0.717) is 29.8 Å². The minimum Gasteiger partial charge on any atom is -0.451 e. The lowest BCUT2D eigenvalue weighted by atomic mass is 9.78. The minimum atomic E-state index is -0.653. The molecule has 5 heteroatoms. The lowest BCUT2D eigenvalue weighted by Crippen LogP contribution is -2.45. The average molecular weight is 363 g/mol. The average Bonchev–Trinajstić information content (AvgIpc) is 2.84. The van der Waals surface area contributed by atoms with Gasteiger partial charge < -0.3 is 10.1 Å². The predicted octanol–water partition coefficient (Wildman–Crippen LogP) is 3.33. The Morgan fingerprint density at radius 2 is 1.81 bits per heavy atom. The molecule has 2 aliphatic heterocycles. The first kappa shape index (κ1) is 19.4. The van der Waals surface area contributed by atoms with Gasteiger partial charge in [0.15, 0.2) is 0 Å². The molecule has 1 aliphatic carbocycles. The van der Waals surface area contributed by atoms with Crippen LogP contribution in [0.2, 0.25) is 0 Å². The highest BCUT2D eigenvalue weighted by molar-refractivity contribution is 6.07. The Bertz CT molecular complexity index is 568. The molecule has 2 heterocycles. The number of nitrogens with zero attached hydrogens (tertiary/aromatic N) is 1. The Labute approximate surface area is 157 Å². The highest BCUT2D eigenvalue weighted by atomic mass is 16.6. The van der Waals surface area contributed by atoms with Gasteiger partial charge in [0, 0.05) is 30.7 Å². The largest absolute Gasteiger partial charge is 0.451 e. The van der Waals surface area contributed by atoms with Gasteiger partial charge in [-0.2, -0.15) is 0 Å². The standard InChI is InChI=1S/C21H34N2O3/c1-15-9-7-10-16(2)23(15)14-8-13-22-19(24)18-17(3)20(25)26-21(18)11-5-4-6-12-21/h15-16H,4-14H2,1-3H3,(H,22,24)/t15-,16-/m0/s1. The molecule has 1 N–H and O–H groups in total. The molecule has 0 bridgehead atoms. The molecular weight excluding hydrogens is 328 g/mol. The van der Waals surface area contributed by atoms with Gasteiger partial charge in [-0.3, -0.25) is 9.69 Å². The second-order valence-electron chi connectivity index (χ2n) is 8.42. The van der Waals surface area contributed by atoms with Crippen LogP contribution in [0.4, 0.5) is 0 Å². The third kappa shape index (κ3) is 3.83.